The molecule has 0 aliphatic carbocycles. The van der Waals surface area contributed by atoms with Crippen LogP contribution in [0.5, 0.6) is 5.88 Å². The topological polar surface area (TPSA) is 84.0 Å². The van der Waals surface area contributed by atoms with Gasteiger partial charge in [-0.2, -0.15) is 10.2 Å². The molecule has 0 aliphatic rings. The number of halogens is 1. The van der Waals surface area contributed by atoms with Gasteiger partial charge in [0.05, 0.1) is 29.6 Å². The molecule has 0 bridgehead atoms. The monoisotopic (exact) mass is 286 g/mol. The van der Waals surface area contributed by atoms with Gasteiger partial charge in [-0.1, -0.05) is 6.92 Å². The molecule has 5 nitrogen and oxygen atoms in total. The first-order chi connectivity index (χ1) is 10.1. The largest absolute Gasteiger partial charge is 0.476 e. The standard InChI is InChI=1S/C15H15FN4O/c1-2-7-21-15-12(18)4-6-14(20-15)19-13-5-3-10(9-17)8-11(13)16/h3-6,8H,2,7,18H2,1H3,(H,19,20). The molecule has 0 fully saturated rings. The second kappa shape index (κ2) is 6.57. The molecule has 0 amide bonds. The number of nitrogens with one attached hydrogen (secondary N) is 1. The summed E-state index contributed by atoms with van der Waals surface area (Å²) in [6, 6.07) is 9.32. The van der Waals surface area contributed by atoms with Crippen molar-refractivity contribution in [1.29, 1.82) is 5.26 Å². The number of benzene rings is 1. The van der Waals surface area contributed by atoms with Gasteiger partial charge in [-0.05, 0) is 36.8 Å². The van der Waals surface area contributed by atoms with Crippen molar-refractivity contribution in [1.82, 2.24) is 4.98 Å². The molecule has 3 N–H and O–H groups in total. The summed E-state index contributed by atoms with van der Waals surface area (Å²) >= 11 is 0. The number of rotatable bonds is 5. The maximum atomic E-state index is 13.8. The van der Waals surface area contributed by atoms with E-state index in [-0.39, 0.29) is 11.3 Å². The van der Waals surface area contributed by atoms with Crippen molar-refractivity contribution in [3.63, 3.8) is 0 Å². The maximum absolute atomic E-state index is 13.8. The minimum absolute atomic E-state index is 0.229. The number of nitrogens with zero attached hydrogens (tertiary/aromatic N) is 2. The van der Waals surface area contributed by atoms with Gasteiger partial charge in [-0.3, -0.25) is 0 Å². The third kappa shape index (κ3) is 3.60. The number of aromatic nitrogens is 1. The second-order valence-corrected chi connectivity index (χ2v) is 4.37. The Balaban J connectivity index is 2.21. The van der Waals surface area contributed by atoms with Gasteiger partial charge in [0.1, 0.15) is 11.6 Å². The molecule has 6 heteroatoms. The van der Waals surface area contributed by atoms with Gasteiger partial charge in [0.15, 0.2) is 0 Å². The highest BCUT2D eigenvalue weighted by molar-refractivity contribution is 5.61. The SMILES string of the molecule is CCCOc1nc(Nc2ccc(C#N)cc2F)ccc1N. The Hall–Kier alpha value is -2.81. The highest BCUT2D eigenvalue weighted by atomic mass is 19.1. The fourth-order valence-corrected chi connectivity index (χ4v) is 1.66. The van der Waals surface area contributed by atoms with E-state index in [0.717, 1.165) is 12.5 Å². The third-order valence-corrected chi connectivity index (χ3v) is 2.69. The number of pyridine rings is 1. The van der Waals surface area contributed by atoms with E-state index in [1.807, 2.05) is 13.0 Å². The van der Waals surface area contributed by atoms with Crippen molar-refractivity contribution in [2.75, 3.05) is 17.7 Å². The average molecular weight is 286 g/mol. The lowest BCUT2D eigenvalue weighted by molar-refractivity contribution is 0.307. The number of hydrogen-bond donors (Lipinski definition) is 2. The maximum Gasteiger partial charge on any atom is 0.239 e. The molecule has 0 atom stereocenters. The minimum Gasteiger partial charge on any atom is -0.476 e. The molecular weight excluding hydrogens is 271 g/mol. The Labute approximate surface area is 122 Å². The van der Waals surface area contributed by atoms with E-state index >= 15 is 0 Å². The van der Waals surface area contributed by atoms with Crippen LogP contribution in [0.2, 0.25) is 0 Å². The lowest BCUT2D eigenvalue weighted by Crippen LogP contribution is -2.04. The zero-order valence-corrected chi connectivity index (χ0v) is 11.6. The van der Waals surface area contributed by atoms with Crippen molar-refractivity contribution in [2.45, 2.75) is 13.3 Å². The second-order valence-electron chi connectivity index (χ2n) is 4.37. The molecule has 0 radical (unpaired) electrons. The Kier molecular flexibility index (Phi) is 4.57. The first-order valence-corrected chi connectivity index (χ1v) is 6.50. The number of nitriles is 1. The molecule has 2 rings (SSSR count). The number of hydrogen-bond acceptors (Lipinski definition) is 5. The van der Waals surface area contributed by atoms with Gasteiger partial charge in [0, 0.05) is 0 Å². The summed E-state index contributed by atoms with van der Waals surface area (Å²) in [6.07, 6.45) is 0.836. The van der Waals surface area contributed by atoms with Crippen molar-refractivity contribution in [3.05, 3.63) is 41.7 Å². The van der Waals surface area contributed by atoms with E-state index in [1.54, 1.807) is 12.1 Å². The van der Waals surface area contributed by atoms with Crippen LogP contribution in [0.15, 0.2) is 30.3 Å². The summed E-state index contributed by atoms with van der Waals surface area (Å²) < 4.78 is 19.2. The van der Waals surface area contributed by atoms with Crippen molar-refractivity contribution < 1.29 is 9.13 Å². The van der Waals surface area contributed by atoms with Crippen LogP contribution >= 0.6 is 0 Å². The Morgan fingerprint density at radius 3 is 2.86 bits per heavy atom. The zero-order chi connectivity index (χ0) is 15.2. The molecule has 108 valence electrons. The van der Waals surface area contributed by atoms with Crippen LogP contribution in [0.4, 0.5) is 21.6 Å². The van der Waals surface area contributed by atoms with E-state index in [4.69, 9.17) is 15.7 Å². The zero-order valence-electron chi connectivity index (χ0n) is 11.6. The van der Waals surface area contributed by atoms with E-state index in [1.165, 1.54) is 12.1 Å². The van der Waals surface area contributed by atoms with Crippen molar-refractivity contribution in [3.8, 4) is 11.9 Å². The van der Waals surface area contributed by atoms with Gasteiger partial charge in [-0.25, -0.2) is 4.39 Å². The van der Waals surface area contributed by atoms with Crippen LogP contribution < -0.4 is 15.8 Å². The number of nitrogen functional groups attached to an aromatic ring is 1. The van der Waals surface area contributed by atoms with Crippen LogP contribution in [0, 0.1) is 17.1 Å². The predicted molar refractivity (Wildman–Crippen MR) is 78.8 cm³/mol. The lowest BCUT2D eigenvalue weighted by atomic mass is 10.2. The van der Waals surface area contributed by atoms with Crippen LogP contribution in [0.1, 0.15) is 18.9 Å². The quantitative estimate of drug-likeness (QED) is 0.881. The predicted octanol–water partition coefficient (Wildman–Crippen LogP) is 3.21. The molecule has 1 heterocycles. The number of ether oxygens (including phenoxy) is 1. The molecule has 21 heavy (non-hydrogen) atoms. The minimum atomic E-state index is -0.524. The van der Waals surface area contributed by atoms with Crippen LogP contribution in [-0.2, 0) is 0 Å². The summed E-state index contributed by atoms with van der Waals surface area (Å²) in [5, 5.41) is 11.5. The number of anilines is 3. The molecule has 0 unspecified atom stereocenters. The molecule has 2 aromatic rings. The van der Waals surface area contributed by atoms with E-state index in [9.17, 15) is 4.39 Å². The van der Waals surface area contributed by atoms with Crippen molar-refractivity contribution in [2.24, 2.45) is 0 Å². The molecule has 0 spiro atoms. The van der Waals surface area contributed by atoms with E-state index in [2.05, 4.69) is 10.3 Å². The summed E-state index contributed by atoms with van der Waals surface area (Å²) in [6.45, 7) is 2.48. The van der Waals surface area contributed by atoms with Crippen molar-refractivity contribution >= 4 is 17.2 Å². The summed E-state index contributed by atoms with van der Waals surface area (Å²) in [5.74, 6) is 0.207. The Morgan fingerprint density at radius 1 is 1.38 bits per heavy atom. The Morgan fingerprint density at radius 2 is 2.19 bits per heavy atom. The summed E-state index contributed by atoms with van der Waals surface area (Å²) in [4.78, 5) is 4.20. The summed E-state index contributed by atoms with van der Waals surface area (Å²) in [5.41, 5.74) is 6.68. The first kappa shape index (κ1) is 14.6. The first-order valence-electron chi connectivity index (χ1n) is 6.50. The van der Waals surface area contributed by atoms with E-state index in [0.29, 0.717) is 24.0 Å². The smallest absolute Gasteiger partial charge is 0.239 e. The molecule has 0 aliphatic heterocycles. The van der Waals surface area contributed by atoms with Crippen LogP contribution in [0.3, 0.4) is 0 Å². The third-order valence-electron chi connectivity index (χ3n) is 2.69. The van der Waals surface area contributed by atoms with Gasteiger partial charge in [-0.15, -0.1) is 0 Å². The van der Waals surface area contributed by atoms with Gasteiger partial charge < -0.3 is 15.8 Å². The molecular formula is C15H15FN4O. The van der Waals surface area contributed by atoms with Gasteiger partial charge in [0.25, 0.3) is 0 Å². The number of nitrogens with two attached hydrogens (primary N) is 1. The molecule has 0 saturated heterocycles. The highest BCUT2D eigenvalue weighted by Crippen LogP contribution is 2.25. The van der Waals surface area contributed by atoms with Gasteiger partial charge >= 0.3 is 0 Å². The van der Waals surface area contributed by atoms with E-state index < -0.39 is 5.82 Å². The lowest BCUT2D eigenvalue weighted by Gasteiger charge is -2.11. The van der Waals surface area contributed by atoms with Crippen LogP contribution in [0.25, 0.3) is 0 Å². The fourth-order valence-electron chi connectivity index (χ4n) is 1.66. The molecule has 0 saturated carbocycles. The normalized spacial score (nSPS) is 9.95. The summed E-state index contributed by atoms with van der Waals surface area (Å²) in [7, 11) is 0. The van der Waals surface area contributed by atoms with Gasteiger partial charge in [0.2, 0.25) is 5.88 Å². The Bertz CT molecular complexity index is 682. The highest BCUT2D eigenvalue weighted by Gasteiger charge is 2.08. The molecule has 1 aromatic carbocycles. The van der Waals surface area contributed by atoms with Crippen LogP contribution in [-0.4, -0.2) is 11.6 Å². The average Bonchev–Trinajstić information content (AvgIpc) is 2.49. The fraction of sp³-hybridized carbons (Fsp3) is 0.200. The molecule has 1 aromatic heterocycles.